The van der Waals surface area contributed by atoms with Gasteiger partial charge in [-0.2, -0.15) is 5.26 Å². The normalized spacial score (nSPS) is 10.4. The number of benzene rings is 2. The van der Waals surface area contributed by atoms with Crippen molar-refractivity contribution in [3.8, 4) is 22.9 Å². The fourth-order valence-corrected chi connectivity index (χ4v) is 2.72. The average Bonchev–Trinajstić information content (AvgIpc) is 2.61. The van der Waals surface area contributed by atoms with Gasteiger partial charge in [-0.15, -0.1) is 0 Å². The van der Waals surface area contributed by atoms with E-state index in [2.05, 4.69) is 4.98 Å². The van der Waals surface area contributed by atoms with Crippen LogP contribution in [0.15, 0.2) is 53.3 Å². The van der Waals surface area contributed by atoms with Gasteiger partial charge in [0, 0.05) is 27.9 Å². The number of H-pyrrole nitrogens is 1. The van der Waals surface area contributed by atoms with E-state index >= 15 is 0 Å². The van der Waals surface area contributed by atoms with Gasteiger partial charge < -0.3 is 9.72 Å². The monoisotopic (exact) mass is 368 g/mol. The number of pyridine rings is 1. The molecule has 3 aromatic rings. The van der Waals surface area contributed by atoms with E-state index < -0.39 is 11.4 Å². The number of aromatic nitrogens is 1. The first-order valence-corrected chi connectivity index (χ1v) is 8.17. The molecule has 4 nitrogen and oxygen atoms in total. The van der Waals surface area contributed by atoms with Crippen LogP contribution in [-0.2, 0) is 6.61 Å². The first kappa shape index (κ1) is 17.7. The predicted octanol–water partition coefficient (Wildman–Crippen LogP) is 4.59. The van der Waals surface area contributed by atoms with Crippen LogP contribution in [-0.4, -0.2) is 4.98 Å². The van der Waals surface area contributed by atoms with Gasteiger partial charge in [0.05, 0.1) is 0 Å². The molecule has 0 saturated heterocycles. The third-order valence-electron chi connectivity index (χ3n) is 3.82. The summed E-state index contributed by atoms with van der Waals surface area (Å²) in [4.78, 5) is 14.6. The topological polar surface area (TPSA) is 65.9 Å². The molecule has 26 heavy (non-hydrogen) atoms. The summed E-state index contributed by atoms with van der Waals surface area (Å²) in [6.07, 6.45) is 0. The summed E-state index contributed by atoms with van der Waals surface area (Å²) < 4.78 is 19.5. The lowest BCUT2D eigenvalue weighted by Crippen LogP contribution is -2.13. The molecular formula is C20H14ClFN2O2. The number of nitrogens with zero attached hydrogens (tertiary/aromatic N) is 1. The molecule has 0 unspecified atom stereocenters. The molecule has 3 rings (SSSR count). The fourth-order valence-electron chi connectivity index (χ4n) is 2.59. The third kappa shape index (κ3) is 3.76. The second-order valence-electron chi connectivity index (χ2n) is 5.74. The van der Waals surface area contributed by atoms with Crippen molar-refractivity contribution in [1.29, 1.82) is 5.26 Å². The molecule has 1 heterocycles. The van der Waals surface area contributed by atoms with E-state index in [-0.39, 0.29) is 17.9 Å². The number of aromatic amines is 1. The zero-order valence-corrected chi connectivity index (χ0v) is 14.6. The van der Waals surface area contributed by atoms with Crippen LogP contribution in [0.2, 0.25) is 5.02 Å². The lowest BCUT2D eigenvalue weighted by Gasteiger charge is -2.13. The smallest absolute Gasteiger partial charge is 0.266 e. The summed E-state index contributed by atoms with van der Waals surface area (Å²) in [5.41, 5.74) is 1.80. The third-order valence-corrected chi connectivity index (χ3v) is 4.07. The summed E-state index contributed by atoms with van der Waals surface area (Å²) >= 11 is 5.86. The Labute approximate surface area is 154 Å². The maximum absolute atomic E-state index is 13.8. The van der Waals surface area contributed by atoms with Gasteiger partial charge in [0.15, 0.2) is 0 Å². The summed E-state index contributed by atoms with van der Waals surface area (Å²) in [5.74, 6) is -0.221. The standard InChI is InChI=1S/C20H14ClFN2O2/c1-12-8-17(18(10-23)20(25)24-12)16-7-6-15(22)9-19(16)26-11-13-2-4-14(21)5-3-13/h2-9H,11H2,1H3,(H,24,25). The number of nitrogens with one attached hydrogen (secondary N) is 1. The summed E-state index contributed by atoms with van der Waals surface area (Å²) in [6, 6.07) is 14.7. The molecule has 0 spiro atoms. The Bertz CT molecular complexity index is 1050. The molecule has 0 saturated carbocycles. The Balaban J connectivity index is 2.03. The first-order valence-electron chi connectivity index (χ1n) is 7.79. The highest BCUT2D eigenvalue weighted by Crippen LogP contribution is 2.33. The molecule has 1 aromatic heterocycles. The van der Waals surface area contributed by atoms with Gasteiger partial charge in [-0.3, -0.25) is 4.79 Å². The van der Waals surface area contributed by atoms with E-state index in [1.54, 1.807) is 37.3 Å². The predicted molar refractivity (Wildman–Crippen MR) is 97.7 cm³/mol. The van der Waals surface area contributed by atoms with E-state index in [4.69, 9.17) is 16.3 Å². The van der Waals surface area contributed by atoms with E-state index in [0.29, 0.717) is 21.8 Å². The molecule has 6 heteroatoms. The van der Waals surface area contributed by atoms with Gasteiger partial charge in [-0.1, -0.05) is 23.7 Å². The first-order chi connectivity index (χ1) is 12.5. The van der Waals surface area contributed by atoms with E-state index in [1.165, 1.54) is 18.2 Å². The number of hydrogen-bond donors (Lipinski definition) is 1. The van der Waals surface area contributed by atoms with Gasteiger partial charge in [0.1, 0.15) is 29.8 Å². The molecule has 0 bridgehead atoms. The molecule has 130 valence electrons. The zero-order valence-electron chi connectivity index (χ0n) is 13.8. The van der Waals surface area contributed by atoms with Crippen LogP contribution in [0.1, 0.15) is 16.8 Å². The number of aryl methyl sites for hydroxylation is 1. The van der Waals surface area contributed by atoms with E-state index in [1.807, 2.05) is 6.07 Å². The van der Waals surface area contributed by atoms with Crippen LogP contribution in [0.3, 0.4) is 0 Å². The molecule has 2 aromatic carbocycles. The minimum atomic E-state index is -0.490. The minimum Gasteiger partial charge on any atom is -0.488 e. The number of ether oxygens (including phenoxy) is 1. The fraction of sp³-hybridized carbons (Fsp3) is 0.100. The van der Waals surface area contributed by atoms with Gasteiger partial charge in [-0.05, 0) is 42.8 Å². The number of halogens is 2. The Hall–Kier alpha value is -3.10. The molecule has 0 fully saturated rings. The van der Waals surface area contributed by atoms with Crippen molar-refractivity contribution < 1.29 is 9.13 Å². The Morgan fingerprint density at radius 2 is 1.88 bits per heavy atom. The van der Waals surface area contributed by atoms with Gasteiger partial charge in [-0.25, -0.2) is 4.39 Å². The largest absolute Gasteiger partial charge is 0.488 e. The van der Waals surface area contributed by atoms with Crippen LogP contribution in [0.4, 0.5) is 4.39 Å². The molecule has 1 N–H and O–H groups in total. The molecule has 0 atom stereocenters. The highest BCUT2D eigenvalue weighted by molar-refractivity contribution is 6.30. The quantitative estimate of drug-likeness (QED) is 0.732. The van der Waals surface area contributed by atoms with Crippen molar-refractivity contribution in [2.75, 3.05) is 0 Å². The zero-order chi connectivity index (χ0) is 18.7. The molecule has 0 radical (unpaired) electrons. The van der Waals surface area contributed by atoms with Crippen LogP contribution in [0.25, 0.3) is 11.1 Å². The maximum Gasteiger partial charge on any atom is 0.266 e. The number of nitriles is 1. The van der Waals surface area contributed by atoms with Crippen LogP contribution < -0.4 is 10.3 Å². The van der Waals surface area contributed by atoms with E-state index in [0.717, 1.165) is 5.56 Å². The Kier molecular flexibility index (Phi) is 5.06. The lowest BCUT2D eigenvalue weighted by atomic mass is 10.00. The van der Waals surface area contributed by atoms with Crippen molar-refractivity contribution in [3.05, 3.63) is 86.5 Å². The Morgan fingerprint density at radius 3 is 2.58 bits per heavy atom. The number of hydrogen-bond acceptors (Lipinski definition) is 3. The highest BCUT2D eigenvalue weighted by Gasteiger charge is 2.15. The second kappa shape index (κ2) is 7.42. The second-order valence-corrected chi connectivity index (χ2v) is 6.17. The van der Waals surface area contributed by atoms with Gasteiger partial charge in [0.25, 0.3) is 5.56 Å². The van der Waals surface area contributed by atoms with Gasteiger partial charge >= 0.3 is 0 Å². The lowest BCUT2D eigenvalue weighted by molar-refractivity contribution is 0.306. The highest BCUT2D eigenvalue weighted by atomic mass is 35.5. The molecular weight excluding hydrogens is 355 g/mol. The van der Waals surface area contributed by atoms with Crippen molar-refractivity contribution in [1.82, 2.24) is 4.98 Å². The number of rotatable bonds is 4. The van der Waals surface area contributed by atoms with Gasteiger partial charge in [0.2, 0.25) is 0 Å². The summed E-state index contributed by atoms with van der Waals surface area (Å²) in [5, 5.41) is 9.94. The van der Waals surface area contributed by atoms with E-state index in [9.17, 15) is 14.4 Å². The van der Waals surface area contributed by atoms with Crippen molar-refractivity contribution in [2.45, 2.75) is 13.5 Å². The SMILES string of the molecule is Cc1cc(-c2ccc(F)cc2OCc2ccc(Cl)cc2)c(C#N)c(=O)[nH]1. The molecule has 0 aliphatic carbocycles. The molecule has 0 aliphatic rings. The molecule has 0 amide bonds. The summed E-state index contributed by atoms with van der Waals surface area (Å²) in [7, 11) is 0. The Morgan fingerprint density at radius 1 is 1.15 bits per heavy atom. The average molecular weight is 369 g/mol. The van der Waals surface area contributed by atoms with Crippen molar-refractivity contribution in [2.24, 2.45) is 0 Å². The van der Waals surface area contributed by atoms with Crippen molar-refractivity contribution in [3.63, 3.8) is 0 Å². The minimum absolute atomic E-state index is 0.0430. The van der Waals surface area contributed by atoms with Crippen LogP contribution >= 0.6 is 11.6 Å². The van der Waals surface area contributed by atoms with Crippen molar-refractivity contribution >= 4 is 11.6 Å². The summed E-state index contributed by atoms with van der Waals surface area (Å²) in [6.45, 7) is 1.90. The van der Waals surface area contributed by atoms with Crippen LogP contribution in [0, 0.1) is 24.1 Å². The molecule has 0 aliphatic heterocycles. The van der Waals surface area contributed by atoms with Crippen LogP contribution in [0.5, 0.6) is 5.75 Å². The maximum atomic E-state index is 13.8.